The van der Waals surface area contributed by atoms with E-state index in [1.807, 2.05) is 13.8 Å². The van der Waals surface area contributed by atoms with E-state index in [0.717, 1.165) is 31.2 Å². The molecule has 0 saturated heterocycles. The van der Waals surface area contributed by atoms with Crippen LogP contribution in [0, 0.1) is 11.6 Å². The Labute approximate surface area is 112 Å². The summed E-state index contributed by atoms with van der Waals surface area (Å²) in [7, 11) is 0. The van der Waals surface area contributed by atoms with E-state index in [1.165, 1.54) is 0 Å². The minimum Gasteiger partial charge on any atom is -0.352 e. The Kier molecular flexibility index (Phi) is 6.42. The summed E-state index contributed by atoms with van der Waals surface area (Å²) in [6.45, 7) is 4.85. The average Bonchev–Trinajstić information content (AvgIpc) is 2.35. The summed E-state index contributed by atoms with van der Waals surface area (Å²) in [5.74, 6) is -1.18. The van der Waals surface area contributed by atoms with E-state index in [9.17, 15) is 13.6 Å². The zero-order chi connectivity index (χ0) is 14.3. The van der Waals surface area contributed by atoms with Gasteiger partial charge in [-0.15, -0.1) is 0 Å². The number of halogens is 2. The predicted molar refractivity (Wildman–Crippen MR) is 70.6 cm³/mol. The van der Waals surface area contributed by atoms with E-state index in [-0.39, 0.29) is 18.0 Å². The molecule has 0 atom stereocenters. The monoisotopic (exact) mass is 270 g/mol. The van der Waals surface area contributed by atoms with Gasteiger partial charge in [-0.05, 0) is 31.2 Å². The maximum atomic E-state index is 13.3. The van der Waals surface area contributed by atoms with Gasteiger partial charge in [0.05, 0.1) is 0 Å². The van der Waals surface area contributed by atoms with Gasteiger partial charge in [0, 0.05) is 24.6 Å². The fraction of sp³-hybridized carbons (Fsp3) is 0.500. The molecule has 3 nitrogen and oxygen atoms in total. The van der Waals surface area contributed by atoms with Crippen LogP contribution in [-0.4, -0.2) is 18.5 Å². The normalized spacial score (nSPS) is 10.8. The third-order valence-corrected chi connectivity index (χ3v) is 2.62. The third kappa shape index (κ3) is 6.29. The Hall–Kier alpha value is -1.49. The highest BCUT2D eigenvalue weighted by Gasteiger charge is 2.06. The largest absolute Gasteiger partial charge is 0.352 e. The van der Waals surface area contributed by atoms with Crippen molar-refractivity contribution in [3.8, 4) is 0 Å². The van der Waals surface area contributed by atoms with Crippen LogP contribution >= 0.6 is 0 Å². The zero-order valence-corrected chi connectivity index (χ0v) is 11.3. The quantitative estimate of drug-likeness (QED) is 0.747. The molecule has 0 fully saturated rings. The molecule has 0 bridgehead atoms. The molecule has 0 aromatic heterocycles. The Bertz CT molecular complexity index is 422. The summed E-state index contributed by atoms with van der Waals surface area (Å²) in [6, 6.07) is 3.60. The smallest absolute Gasteiger partial charge is 0.220 e. The highest BCUT2D eigenvalue weighted by Crippen LogP contribution is 2.09. The van der Waals surface area contributed by atoms with Gasteiger partial charge >= 0.3 is 0 Å². The van der Waals surface area contributed by atoms with Crippen LogP contribution in [0.3, 0.4) is 0 Å². The number of amides is 1. The highest BCUT2D eigenvalue weighted by atomic mass is 19.1. The van der Waals surface area contributed by atoms with Crippen LogP contribution in [0.2, 0.25) is 0 Å². The van der Waals surface area contributed by atoms with Gasteiger partial charge in [-0.25, -0.2) is 8.78 Å². The first kappa shape index (κ1) is 15.6. The molecule has 0 aliphatic rings. The minimum absolute atomic E-state index is 0.0139. The third-order valence-electron chi connectivity index (χ3n) is 2.62. The van der Waals surface area contributed by atoms with Gasteiger partial charge in [0.25, 0.3) is 0 Å². The Morgan fingerprint density at radius 1 is 1.32 bits per heavy atom. The van der Waals surface area contributed by atoms with Gasteiger partial charge in [-0.2, -0.15) is 0 Å². The molecule has 1 aromatic rings. The summed E-state index contributed by atoms with van der Waals surface area (Å²) < 4.78 is 26.2. The minimum atomic E-state index is -0.511. The van der Waals surface area contributed by atoms with E-state index in [2.05, 4.69) is 10.6 Å². The molecule has 0 unspecified atom stereocenters. The van der Waals surface area contributed by atoms with Crippen LogP contribution in [0.4, 0.5) is 8.78 Å². The Morgan fingerprint density at radius 3 is 2.74 bits per heavy atom. The molecule has 106 valence electrons. The van der Waals surface area contributed by atoms with Crippen LogP contribution in [0.1, 0.15) is 32.3 Å². The van der Waals surface area contributed by atoms with E-state index in [0.29, 0.717) is 12.5 Å². The number of carbonyl (C=O) groups excluding carboxylic acids is 1. The van der Waals surface area contributed by atoms with Crippen molar-refractivity contribution >= 4 is 5.91 Å². The highest BCUT2D eigenvalue weighted by molar-refractivity contribution is 5.75. The second-order valence-corrected chi connectivity index (χ2v) is 4.72. The lowest BCUT2D eigenvalue weighted by atomic mass is 10.2. The van der Waals surface area contributed by atoms with E-state index in [4.69, 9.17) is 0 Å². The fourth-order valence-electron chi connectivity index (χ4n) is 1.60. The maximum Gasteiger partial charge on any atom is 0.220 e. The summed E-state index contributed by atoms with van der Waals surface area (Å²) in [5.41, 5.74) is 0.161. The van der Waals surface area contributed by atoms with E-state index in [1.54, 1.807) is 0 Å². The van der Waals surface area contributed by atoms with Crippen LogP contribution in [0.5, 0.6) is 0 Å². The van der Waals surface area contributed by atoms with Gasteiger partial charge in [-0.1, -0.05) is 13.8 Å². The second kappa shape index (κ2) is 7.84. The lowest BCUT2D eigenvalue weighted by Crippen LogP contribution is -2.27. The second-order valence-electron chi connectivity index (χ2n) is 4.72. The van der Waals surface area contributed by atoms with Crippen LogP contribution in [-0.2, 0) is 11.3 Å². The van der Waals surface area contributed by atoms with Gasteiger partial charge in [0.2, 0.25) is 5.91 Å². The Morgan fingerprint density at radius 2 is 2.05 bits per heavy atom. The van der Waals surface area contributed by atoms with Crippen molar-refractivity contribution < 1.29 is 13.6 Å². The zero-order valence-electron chi connectivity index (χ0n) is 11.3. The lowest BCUT2D eigenvalue weighted by molar-refractivity contribution is -0.121. The number of hydrogen-bond acceptors (Lipinski definition) is 2. The van der Waals surface area contributed by atoms with Crippen molar-refractivity contribution in [2.45, 2.75) is 39.3 Å². The fourth-order valence-corrected chi connectivity index (χ4v) is 1.60. The standard InChI is InChI=1S/C14H20F2N2O/c1-10(2)17-7-3-4-14(19)18-9-11-8-12(15)5-6-13(11)16/h5-6,8,10,17H,3-4,7,9H2,1-2H3,(H,18,19). The number of benzene rings is 1. The van der Waals surface area contributed by atoms with Gasteiger partial charge in [0.1, 0.15) is 11.6 Å². The van der Waals surface area contributed by atoms with Gasteiger partial charge in [-0.3, -0.25) is 4.79 Å². The number of hydrogen-bond donors (Lipinski definition) is 2. The van der Waals surface area contributed by atoms with E-state index >= 15 is 0 Å². The van der Waals surface area contributed by atoms with Crippen molar-refractivity contribution in [2.24, 2.45) is 0 Å². The number of rotatable bonds is 7. The first-order valence-electron chi connectivity index (χ1n) is 6.43. The van der Waals surface area contributed by atoms with E-state index < -0.39 is 11.6 Å². The Balaban J connectivity index is 2.28. The summed E-state index contributed by atoms with van der Waals surface area (Å²) in [4.78, 5) is 11.5. The van der Waals surface area contributed by atoms with Gasteiger partial charge < -0.3 is 10.6 Å². The van der Waals surface area contributed by atoms with Crippen molar-refractivity contribution in [2.75, 3.05) is 6.54 Å². The molecule has 0 saturated carbocycles. The summed E-state index contributed by atoms with van der Waals surface area (Å²) in [6.07, 6.45) is 1.09. The summed E-state index contributed by atoms with van der Waals surface area (Å²) >= 11 is 0. The molecular formula is C14H20F2N2O. The van der Waals surface area contributed by atoms with Crippen LogP contribution in [0.15, 0.2) is 18.2 Å². The van der Waals surface area contributed by atoms with Crippen LogP contribution in [0.25, 0.3) is 0 Å². The predicted octanol–water partition coefficient (Wildman–Crippen LogP) is 2.36. The lowest BCUT2D eigenvalue weighted by Gasteiger charge is -2.08. The first-order chi connectivity index (χ1) is 8.99. The molecule has 0 aliphatic heterocycles. The maximum absolute atomic E-state index is 13.3. The molecular weight excluding hydrogens is 250 g/mol. The van der Waals surface area contributed by atoms with Crippen LogP contribution < -0.4 is 10.6 Å². The molecule has 0 aliphatic carbocycles. The molecule has 1 rings (SSSR count). The van der Waals surface area contributed by atoms with Crippen molar-refractivity contribution in [1.29, 1.82) is 0 Å². The van der Waals surface area contributed by atoms with Crippen molar-refractivity contribution in [3.63, 3.8) is 0 Å². The number of nitrogens with one attached hydrogen (secondary N) is 2. The molecule has 0 spiro atoms. The summed E-state index contributed by atoms with van der Waals surface area (Å²) in [5, 5.41) is 5.78. The average molecular weight is 270 g/mol. The molecule has 19 heavy (non-hydrogen) atoms. The van der Waals surface area contributed by atoms with Crippen molar-refractivity contribution in [1.82, 2.24) is 10.6 Å². The van der Waals surface area contributed by atoms with Crippen molar-refractivity contribution in [3.05, 3.63) is 35.4 Å². The molecule has 0 radical (unpaired) electrons. The molecule has 0 heterocycles. The molecule has 5 heteroatoms. The molecule has 1 aromatic carbocycles. The molecule has 1 amide bonds. The topological polar surface area (TPSA) is 41.1 Å². The molecule has 2 N–H and O–H groups in total. The number of carbonyl (C=O) groups is 1. The SMILES string of the molecule is CC(C)NCCCC(=O)NCc1cc(F)ccc1F. The van der Waals surface area contributed by atoms with Gasteiger partial charge in [0.15, 0.2) is 0 Å². The first-order valence-corrected chi connectivity index (χ1v) is 6.43.